The standard InChI is InChI=1S/C28H30F3NO5/c1-4-26(2,3)24-10-17-9-16(20(29)13-21(17)32(24)14-19(34)15-33)11-25(35)27(7-8-27)18-5-6-22-23(12-18)37-28(30,31)36-22/h5-6,9-10,12-13,19,33-34H,4,7-8,11,14-15H2,1-3H3/t19-/m1/s1/i2D3,4D2,7D2,8D2,9D,10D,13D,14D2,19D/t19-,26?. The number of ketones is 1. The Morgan fingerprint density at radius 3 is 2.73 bits per heavy atom. The number of aliphatic hydroxyl groups excluding tert-OH is 1. The van der Waals surface area contributed by atoms with Crippen molar-refractivity contribution in [2.24, 2.45) is 0 Å². The molecule has 1 unspecified atom stereocenters. The molecule has 1 aliphatic heterocycles. The fourth-order valence-corrected chi connectivity index (χ4v) is 3.90. The second kappa shape index (κ2) is 8.77. The van der Waals surface area contributed by atoms with Crippen LogP contribution in [0.25, 0.3) is 10.9 Å². The quantitative estimate of drug-likeness (QED) is 0.406. The second-order valence-electron chi connectivity index (χ2n) is 8.60. The van der Waals surface area contributed by atoms with Gasteiger partial charge in [-0.2, -0.15) is 0 Å². The first kappa shape index (κ1) is 13.2. The van der Waals surface area contributed by atoms with Gasteiger partial charge in [0.1, 0.15) is 11.6 Å². The van der Waals surface area contributed by atoms with E-state index in [1.165, 1.54) is 0 Å². The summed E-state index contributed by atoms with van der Waals surface area (Å²) < 4.78 is 179. The number of fused-ring (bicyclic) bond motifs is 2. The predicted molar refractivity (Wildman–Crippen MR) is 131 cm³/mol. The van der Waals surface area contributed by atoms with Gasteiger partial charge in [-0.3, -0.25) is 4.79 Å². The van der Waals surface area contributed by atoms with E-state index in [0.717, 1.165) is 32.0 Å². The smallest absolute Gasteiger partial charge is 0.395 e. The van der Waals surface area contributed by atoms with Gasteiger partial charge in [-0.25, -0.2) is 4.39 Å². The van der Waals surface area contributed by atoms with Gasteiger partial charge in [0.15, 0.2) is 11.5 Å². The van der Waals surface area contributed by atoms with Gasteiger partial charge < -0.3 is 24.3 Å². The summed E-state index contributed by atoms with van der Waals surface area (Å²) in [4.78, 5) is 14.1. The molecule has 3 aromatic rings. The van der Waals surface area contributed by atoms with E-state index in [-0.39, 0.29) is 4.57 Å². The highest BCUT2D eigenvalue weighted by molar-refractivity contribution is 5.95. The third-order valence-corrected chi connectivity index (χ3v) is 6.03. The van der Waals surface area contributed by atoms with Crippen LogP contribution in [0.2, 0.25) is 0 Å². The SMILES string of the molecule is [2H]c1c(CC(=O)C2(c3ccc4c(c3)OC(F)(F)O4)C([2H])([2H])C2([2H])[2H])c(F)c([2H])c2c1c([2H])c(C(C)(C([2H])([2H])[2H])C([2H])([2H])C)n2C([2H])([2H])[C@@]([2H])(O)CO. The zero-order valence-electron chi connectivity index (χ0n) is 34.3. The van der Waals surface area contributed by atoms with Crippen LogP contribution < -0.4 is 9.47 Å². The average Bonchev–Trinajstić information content (AvgIpc) is 3.26. The number of benzene rings is 2. The molecular formula is C28H30F3NO5. The maximum atomic E-state index is 16.4. The lowest BCUT2D eigenvalue weighted by molar-refractivity contribution is -0.286. The van der Waals surface area contributed by atoms with Gasteiger partial charge in [0, 0.05) is 35.3 Å². The minimum atomic E-state index is -4.15. The molecule has 9 heteroatoms. The van der Waals surface area contributed by atoms with Gasteiger partial charge in [-0.05, 0) is 60.5 Å². The van der Waals surface area contributed by atoms with Crippen molar-refractivity contribution in [1.82, 2.24) is 4.57 Å². The molecule has 0 amide bonds. The number of rotatable bonds is 9. The minimum absolute atomic E-state index is 0.00131. The number of ether oxygens (including phenoxy) is 2. The van der Waals surface area contributed by atoms with E-state index >= 15 is 4.39 Å². The Balaban J connectivity index is 1.82. The summed E-state index contributed by atoms with van der Waals surface area (Å²) in [5.41, 5.74) is -9.83. The number of alkyl halides is 2. The van der Waals surface area contributed by atoms with Crippen molar-refractivity contribution in [1.29, 1.82) is 0 Å². The molecule has 2 atom stereocenters. The van der Waals surface area contributed by atoms with E-state index in [0.29, 0.717) is 0 Å². The summed E-state index contributed by atoms with van der Waals surface area (Å²) >= 11 is 0. The van der Waals surface area contributed by atoms with E-state index in [1.807, 2.05) is 0 Å². The Bertz CT molecular complexity index is 2000. The summed E-state index contributed by atoms with van der Waals surface area (Å²) in [6, 6.07) is -1.39. The van der Waals surface area contributed by atoms with E-state index in [4.69, 9.17) is 20.6 Å². The molecule has 2 aliphatic rings. The molecule has 198 valence electrons. The van der Waals surface area contributed by atoms with Gasteiger partial charge in [0.05, 0.1) is 38.3 Å². The van der Waals surface area contributed by atoms with Gasteiger partial charge in [0.25, 0.3) is 0 Å². The van der Waals surface area contributed by atoms with Crippen molar-refractivity contribution in [2.75, 3.05) is 6.61 Å². The molecule has 6 nitrogen and oxygen atoms in total. The summed E-state index contributed by atoms with van der Waals surface area (Å²) in [7, 11) is 0. The summed E-state index contributed by atoms with van der Waals surface area (Å²) in [5, 5.41) is 19.4. The average molecular weight is 533 g/mol. The number of nitrogens with zero attached hydrogens (tertiary/aromatic N) is 1. The molecule has 0 bridgehead atoms. The Kier molecular flexibility index (Phi) is 3.12. The predicted octanol–water partition coefficient (Wildman–Crippen LogP) is 4.99. The molecule has 1 fully saturated rings. The van der Waals surface area contributed by atoms with Crippen LogP contribution >= 0.6 is 0 Å². The Morgan fingerprint density at radius 2 is 2.08 bits per heavy atom. The molecule has 1 saturated carbocycles. The van der Waals surface area contributed by atoms with Gasteiger partial charge in [-0.15, -0.1) is 8.78 Å². The molecule has 2 aromatic carbocycles. The molecule has 2 N–H and O–H groups in total. The maximum Gasteiger partial charge on any atom is 0.586 e. The molecule has 0 spiro atoms. The van der Waals surface area contributed by atoms with Gasteiger partial charge in [-0.1, -0.05) is 26.8 Å². The van der Waals surface area contributed by atoms with Crippen LogP contribution in [0.15, 0.2) is 36.3 Å². The van der Waals surface area contributed by atoms with Crippen LogP contribution in [0.4, 0.5) is 13.2 Å². The molecule has 0 radical (unpaired) electrons. The van der Waals surface area contributed by atoms with Crippen LogP contribution in [0, 0.1) is 5.82 Å². The first-order valence-corrected chi connectivity index (χ1v) is 10.8. The molecule has 0 saturated heterocycles. The Labute approximate surface area is 233 Å². The van der Waals surface area contributed by atoms with Crippen LogP contribution in [0.5, 0.6) is 11.5 Å². The summed E-state index contributed by atoms with van der Waals surface area (Å²) in [6.45, 7) is -7.49. The lowest BCUT2D eigenvalue weighted by Crippen LogP contribution is -2.26. The van der Waals surface area contributed by atoms with Crippen molar-refractivity contribution >= 4 is 16.7 Å². The van der Waals surface area contributed by atoms with Crippen LogP contribution in [0.1, 0.15) is 77.2 Å². The van der Waals surface area contributed by atoms with Gasteiger partial charge in [0.2, 0.25) is 0 Å². The summed E-state index contributed by atoms with van der Waals surface area (Å²) in [6.07, 6.45) is -18.3. The zero-order chi connectivity index (χ0) is 40.0. The van der Waals surface area contributed by atoms with E-state index < -0.39 is 138 Å². The normalized spacial score (nSPS) is 30.2. The number of halogens is 3. The highest BCUT2D eigenvalue weighted by Gasteiger charge is 2.52. The maximum absolute atomic E-state index is 16.4. The summed E-state index contributed by atoms with van der Waals surface area (Å²) in [5.74, 6) is -4.53. The molecule has 37 heavy (non-hydrogen) atoms. The Morgan fingerprint density at radius 1 is 1.35 bits per heavy atom. The van der Waals surface area contributed by atoms with Crippen molar-refractivity contribution in [3.8, 4) is 11.5 Å². The van der Waals surface area contributed by atoms with Crippen LogP contribution in [-0.4, -0.2) is 39.5 Å². The number of hydrogen-bond acceptors (Lipinski definition) is 5. The first-order chi connectivity index (χ1) is 23.2. The Hall–Kier alpha value is -3.04. The highest BCUT2D eigenvalue weighted by atomic mass is 19.3. The molecule has 5 rings (SSSR count). The van der Waals surface area contributed by atoms with Crippen LogP contribution in [0.3, 0.4) is 0 Å². The monoisotopic (exact) mass is 532 g/mol. The van der Waals surface area contributed by atoms with Crippen molar-refractivity contribution in [3.63, 3.8) is 0 Å². The number of carbonyl (C=O) groups excluding carboxylic acids is 1. The van der Waals surface area contributed by atoms with E-state index in [2.05, 4.69) is 9.47 Å². The number of carbonyl (C=O) groups is 1. The first-order valence-electron chi connectivity index (χ1n) is 18.3. The third-order valence-electron chi connectivity index (χ3n) is 6.03. The zero-order valence-corrected chi connectivity index (χ0v) is 19.3. The topological polar surface area (TPSA) is 80.9 Å². The molecular weight excluding hydrogens is 487 g/mol. The number of hydrogen-bond donors (Lipinski definition) is 2. The fourth-order valence-electron chi connectivity index (χ4n) is 3.90. The largest absolute Gasteiger partial charge is 0.586 e. The van der Waals surface area contributed by atoms with Crippen molar-refractivity contribution < 1.29 is 58.2 Å². The van der Waals surface area contributed by atoms with E-state index in [1.54, 1.807) is 0 Å². The fraction of sp³-hybridized carbons (Fsp3) is 0.464. The molecule has 1 aromatic heterocycles. The van der Waals surface area contributed by atoms with E-state index in [9.17, 15) is 23.8 Å². The van der Waals surface area contributed by atoms with Gasteiger partial charge >= 0.3 is 6.29 Å². The van der Waals surface area contributed by atoms with Crippen LogP contribution in [-0.2, 0) is 28.5 Å². The number of aromatic nitrogens is 1. The highest BCUT2D eigenvalue weighted by Crippen LogP contribution is 2.52. The van der Waals surface area contributed by atoms with Crippen molar-refractivity contribution in [2.45, 2.75) is 75.9 Å². The number of Topliss-reactive ketones (excluding diaryl/α,β-unsaturated/α-hetero) is 1. The number of aliphatic hydroxyl groups is 2. The van der Waals surface area contributed by atoms with Crippen molar-refractivity contribution in [3.05, 3.63) is 59.0 Å². The second-order valence-corrected chi connectivity index (χ2v) is 8.60. The third kappa shape index (κ3) is 4.48. The lowest BCUT2D eigenvalue weighted by Gasteiger charge is -2.26. The lowest BCUT2D eigenvalue weighted by atomic mass is 9.86. The minimum Gasteiger partial charge on any atom is -0.395 e. The molecule has 2 heterocycles. The molecule has 1 aliphatic carbocycles.